The number of nitrogens with zero attached hydrogens (tertiary/aromatic N) is 4. The summed E-state index contributed by atoms with van der Waals surface area (Å²) in [7, 11) is 1.66. The summed E-state index contributed by atoms with van der Waals surface area (Å²) in [6.07, 6.45) is 0.241. The van der Waals surface area contributed by atoms with E-state index in [-0.39, 0.29) is 24.2 Å². The van der Waals surface area contributed by atoms with Gasteiger partial charge in [0.05, 0.1) is 13.0 Å². The molecule has 3 aromatic rings. The summed E-state index contributed by atoms with van der Waals surface area (Å²) in [4.78, 5) is 36.1. The molecule has 0 N–H and O–H groups in total. The van der Waals surface area contributed by atoms with Crippen molar-refractivity contribution in [2.24, 2.45) is 5.92 Å². The van der Waals surface area contributed by atoms with Crippen molar-refractivity contribution in [3.63, 3.8) is 0 Å². The number of anilines is 2. The summed E-state index contributed by atoms with van der Waals surface area (Å²) >= 11 is 0. The van der Waals surface area contributed by atoms with Crippen molar-refractivity contribution >= 4 is 34.3 Å². The number of hydrogen-bond acceptors (Lipinski definition) is 6. The normalized spacial score (nSPS) is 19.1. The largest absolute Gasteiger partial charge is 0.497 e. The molecule has 1 unspecified atom stereocenters. The number of aryl methyl sites for hydroxylation is 1. The second kappa shape index (κ2) is 8.18. The molecule has 2 aliphatic rings. The van der Waals surface area contributed by atoms with Crippen LogP contribution in [0.4, 0.5) is 11.4 Å². The zero-order valence-electron chi connectivity index (χ0n) is 18.3. The molecule has 2 amide bonds. The highest BCUT2D eigenvalue weighted by Crippen LogP contribution is 2.30. The van der Waals surface area contributed by atoms with Crippen LogP contribution < -0.4 is 14.5 Å². The monoisotopic (exact) mass is 434 g/mol. The fourth-order valence-electron chi connectivity index (χ4n) is 4.57. The SMILES string of the molecule is COc1cccc(N2CCN(C(=O)C3CC(=O)N(c4ccc5oc(C)nc5c4)C3)CC2)c1. The van der Waals surface area contributed by atoms with E-state index in [0.29, 0.717) is 31.1 Å². The van der Waals surface area contributed by atoms with Gasteiger partial charge in [-0.3, -0.25) is 9.59 Å². The molecule has 0 spiro atoms. The first-order chi connectivity index (χ1) is 15.5. The molecule has 2 aromatic carbocycles. The topological polar surface area (TPSA) is 79.1 Å². The molecule has 1 atom stereocenters. The quantitative estimate of drug-likeness (QED) is 0.628. The summed E-state index contributed by atoms with van der Waals surface area (Å²) in [5, 5.41) is 0. The Bertz CT molecular complexity index is 1170. The number of fused-ring (bicyclic) bond motifs is 1. The molecule has 1 aromatic heterocycles. The van der Waals surface area contributed by atoms with Crippen molar-refractivity contribution in [3.05, 3.63) is 48.4 Å². The third-order valence-corrected chi connectivity index (χ3v) is 6.27. The number of oxazole rings is 1. The van der Waals surface area contributed by atoms with Gasteiger partial charge in [0.25, 0.3) is 0 Å². The van der Waals surface area contributed by atoms with Gasteiger partial charge >= 0.3 is 0 Å². The van der Waals surface area contributed by atoms with Crippen LogP contribution in [0.25, 0.3) is 11.1 Å². The Kier molecular flexibility index (Phi) is 5.20. The predicted octanol–water partition coefficient (Wildman–Crippen LogP) is 2.85. The Balaban J connectivity index is 1.23. The number of benzene rings is 2. The van der Waals surface area contributed by atoms with Crippen LogP contribution in [-0.2, 0) is 9.59 Å². The van der Waals surface area contributed by atoms with E-state index in [1.807, 2.05) is 41.3 Å². The van der Waals surface area contributed by atoms with Crippen LogP contribution in [-0.4, -0.2) is 61.5 Å². The van der Waals surface area contributed by atoms with Gasteiger partial charge in [-0.25, -0.2) is 4.98 Å². The summed E-state index contributed by atoms with van der Waals surface area (Å²) in [6.45, 7) is 4.99. The van der Waals surface area contributed by atoms with Crippen molar-refractivity contribution in [1.29, 1.82) is 0 Å². The van der Waals surface area contributed by atoms with Crippen LogP contribution in [0.15, 0.2) is 46.9 Å². The van der Waals surface area contributed by atoms with Crippen LogP contribution in [0.2, 0.25) is 0 Å². The number of piperazine rings is 1. The fraction of sp³-hybridized carbons (Fsp3) is 0.375. The third kappa shape index (κ3) is 3.77. The lowest BCUT2D eigenvalue weighted by molar-refractivity contribution is -0.136. The minimum atomic E-state index is -0.319. The molecule has 2 aliphatic heterocycles. The van der Waals surface area contributed by atoms with E-state index in [0.717, 1.165) is 35.7 Å². The standard InChI is InChI=1S/C24H26N4O4/c1-16-25-21-14-19(6-7-22(21)32-16)28-15-17(12-23(28)29)24(30)27-10-8-26(9-11-27)18-4-3-5-20(13-18)31-2/h3-7,13-14,17H,8-12,15H2,1-2H3. The van der Waals surface area contributed by atoms with Gasteiger partial charge in [0.15, 0.2) is 11.5 Å². The Morgan fingerprint density at radius 2 is 1.91 bits per heavy atom. The van der Waals surface area contributed by atoms with Crippen LogP contribution in [0.5, 0.6) is 5.75 Å². The Morgan fingerprint density at radius 1 is 1.09 bits per heavy atom. The minimum absolute atomic E-state index is 0.0297. The van der Waals surface area contributed by atoms with Crippen molar-refractivity contribution < 1.29 is 18.7 Å². The number of ether oxygens (including phenoxy) is 1. The average Bonchev–Trinajstić information content (AvgIpc) is 3.39. The predicted molar refractivity (Wildman–Crippen MR) is 121 cm³/mol. The molecule has 8 heteroatoms. The second-order valence-corrected chi connectivity index (χ2v) is 8.30. The molecule has 2 fully saturated rings. The maximum atomic E-state index is 13.2. The van der Waals surface area contributed by atoms with Crippen molar-refractivity contribution in [1.82, 2.24) is 9.88 Å². The number of carbonyl (C=O) groups is 2. The van der Waals surface area contributed by atoms with E-state index < -0.39 is 0 Å². The van der Waals surface area contributed by atoms with Gasteiger partial charge in [-0.1, -0.05) is 6.07 Å². The van der Waals surface area contributed by atoms with Crippen LogP contribution in [0.1, 0.15) is 12.3 Å². The number of hydrogen-bond donors (Lipinski definition) is 0. The number of aromatic nitrogens is 1. The number of methoxy groups -OCH3 is 1. The van der Waals surface area contributed by atoms with Gasteiger partial charge in [0, 0.05) is 63.5 Å². The van der Waals surface area contributed by atoms with Crippen LogP contribution >= 0.6 is 0 Å². The van der Waals surface area contributed by atoms with E-state index in [2.05, 4.69) is 16.0 Å². The van der Waals surface area contributed by atoms with Crippen molar-refractivity contribution in [2.75, 3.05) is 49.6 Å². The highest BCUT2D eigenvalue weighted by molar-refractivity contribution is 6.01. The summed E-state index contributed by atoms with van der Waals surface area (Å²) < 4.78 is 10.8. The Hall–Kier alpha value is -3.55. The first kappa shape index (κ1) is 20.4. The van der Waals surface area contributed by atoms with Gasteiger partial charge in [-0.15, -0.1) is 0 Å². The van der Waals surface area contributed by atoms with E-state index in [1.54, 1.807) is 18.9 Å². The second-order valence-electron chi connectivity index (χ2n) is 8.30. The molecule has 2 saturated heterocycles. The van der Waals surface area contributed by atoms with E-state index in [9.17, 15) is 9.59 Å². The maximum absolute atomic E-state index is 13.2. The van der Waals surface area contributed by atoms with Gasteiger partial charge in [-0.2, -0.15) is 0 Å². The Labute approximate surface area is 186 Å². The van der Waals surface area contributed by atoms with Crippen LogP contribution in [0.3, 0.4) is 0 Å². The first-order valence-corrected chi connectivity index (χ1v) is 10.9. The molecule has 166 valence electrons. The molecular weight excluding hydrogens is 408 g/mol. The highest BCUT2D eigenvalue weighted by atomic mass is 16.5. The van der Waals surface area contributed by atoms with Crippen molar-refractivity contribution in [3.8, 4) is 5.75 Å². The van der Waals surface area contributed by atoms with E-state index in [1.165, 1.54) is 0 Å². The number of rotatable bonds is 4. The van der Waals surface area contributed by atoms with Gasteiger partial charge in [0.2, 0.25) is 11.8 Å². The average molecular weight is 434 g/mol. The Morgan fingerprint density at radius 3 is 2.69 bits per heavy atom. The molecule has 0 bridgehead atoms. The first-order valence-electron chi connectivity index (χ1n) is 10.9. The third-order valence-electron chi connectivity index (χ3n) is 6.27. The molecule has 0 aliphatic carbocycles. The summed E-state index contributed by atoms with van der Waals surface area (Å²) in [6, 6.07) is 13.5. The molecule has 0 radical (unpaired) electrons. The van der Waals surface area contributed by atoms with Gasteiger partial charge in [0.1, 0.15) is 11.3 Å². The van der Waals surface area contributed by atoms with E-state index >= 15 is 0 Å². The summed E-state index contributed by atoms with van der Waals surface area (Å²) in [5.41, 5.74) is 3.27. The molecular formula is C24H26N4O4. The molecule has 3 heterocycles. The van der Waals surface area contributed by atoms with Crippen molar-refractivity contribution in [2.45, 2.75) is 13.3 Å². The molecule has 5 rings (SSSR count). The smallest absolute Gasteiger partial charge is 0.228 e. The van der Waals surface area contributed by atoms with Gasteiger partial charge in [-0.05, 0) is 30.3 Å². The maximum Gasteiger partial charge on any atom is 0.228 e. The van der Waals surface area contributed by atoms with Gasteiger partial charge < -0.3 is 23.9 Å². The lowest BCUT2D eigenvalue weighted by Crippen LogP contribution is -2.50. The zero-order chi connectivity index (χ0) is 22.2. The molecule has 0 saturated carbocycles. The van der Waals surface area contributed by atoms with E-state index in [4.69, 9.17) is 9.15 Å². The zero-order valence-corrected chi connectivity index (χ0v) is 18.3. The summed E-state index contributed by atoms with van der Waals surface area (Å²) in [5.74, 6) is 1.12. The molecule has 8 nitrogen and oxygen atoms in total. The highest BCUT2D eigenvalue weighted by Gasteiger charge is 2.38. The lowest BCUT2D eigenvalue weighted by Gasteiger charge is -2.37. The fourth-order valence-corrected chi connectivity index (χ4v) is 4.57. The minimum Gasteiger partial charge on any atom is -0.497 e. The molecule has 32 heavy (non-hydrogen) atoms. The lowest BCUT2D eigenvalue weighted by atomic mass is 10.1. The number of amides is 2. The van der Waals surface area contributed by atoms with Crippen LogP contribution in [0, 0.1) is 12.8 Å². The number of carbonyl (C=O) groups excluding carboxylic acids is 2.